The predicted octanol–water partition coefficient (Wildman–Crippen LogP) is 2.57. The minimum absolute atomic E-state index is 0.000750. The van der Waals surface area contributed by atoms with Gasteiger partial charge in [-0.25, -0.2) is 12.7 Å². The fraction of sp³-hybridized carbons (Fsp3) is 0.667. The van der Waals surface area contributed by atoms with E-state index in [4.69, 9.17) is 5.73 Å². The highest BCUT2D eigenvalue weighted by molar-refractivity contribution is 9.11. The zero-order valence-corrected chi connectivity index (χ0v) is 14.1. The third kappa shape index (κ3) is 4.26. The predicted molar refractivity (Wildman–Crippen MR) is 82.7 cm³/mol. The summed E-state index contributed by atoms with van der Waals surface area (Å²) in [5, 5.41) is 0. The van der Waals surface area contributed by atoms with Gasteiger partial charge in [-0.3, -0.25) is 0 Å². The van der Waals surface area contributed by atoms with E-state index in [9.17, 15) is 8.42 Å². The van der Waals surface area contributed by atoms with Gasteiger partial charge in [0.15, 0.2) is 0 Å². The van der Waals surface area contributed by atoms with Crippen LogP contribution in [0.1, 0.15) is 30.2 Å². The van der Waals surface area contributed by atoms with Crippen LogP contribution in [0.25, 0.3) is 0 Å². The van der Waals surface area contributed by atoms with Crippen molar-refractivity contribution >= 4 is 37.3 Å². The first-order valence-corrected chi connectivity index (χ1v) is 9.78. The summed E-state index contributed by atoms with van der Waals surface area (Å²) in [6, 6.07) is 4.04. The highest BCUT2D eigenvalue weighted by Crippen LogP contribution is 2.32. The molecule has 108 valence electrons. The molecule has 19 heavy (non-hydrogen) atoms. The molecule has 0 saturated carbocycles. The van der Waals surface area contributed by atoms with Crippen LogP contribution in [0.3, 0.4) is 0 Å². The second kappa shape index (κ2) is 6.22. The molecule has 1 fully saturated rings. The van der Waals surface area contributed by atoms with Gasteiger partial charge in [0, 0.05) is 24.0 Å². The Balaban J connectivity index is 1.95. The van der Waals surface area contributed by atoms with Crippen molar-refractivity contribution in [3.8, 4) is 0 Å². The van der Waals surface area contributed by atoms with Crippen LogP contribution in [-0.2, 0) is 10.0 Å². The second-order valence-corrected chi connectivity index (χ2v) is 9.59. The summed E-state index contributed by atoms with van der Waals surface area (Å²) in [5.74, 6) is 0.361. The minimum Gasteiger partial charge on any atom is -0.323 e. The molecule has 0 amide bonds. The van der Waals surface area contributed by atoms with Crippen LogP contribution in [0.15, 0.2) is 15.9 Å². The van der Waals surface area contributed by atoms with Crippen molar-refractivity contribution in [3.63, 3.8) is 0 Å². The van der Waals surface area contributed by atoms with Gasteiger partial charge in [0.2, 0.25) is 10.0 Å². The molecule has 2 atom stereocenters. The topological polar surface area (TPSA) is 63.4 Å². The van der Waals surface area contributed by atoms with Crippen molar-refractivity contribution in [2.75, 3.05) is 19.3 Å². The molecule has 1 aromatic rings. The fourth-order valence-electron chi connectivity index (χ4n) is 2.52. The molecule has 0 radical (unpaired) electrons. The number of nitrogens with zero attached hydrogens (tertiary/aromatic N) is 1. The number of sulfonamides is 1. The lowest BCUT2D eigenvalue weighted by atomic mass is 9.92. The molecule has 0 bridgehead atoms. The first kappa shape index (κ1) is 15.4. The van der Waals surface area contributed by atoms with E-state index in [1.54, 1.807) is 15.6 Å². The molecule has 0 aliphatic carbocycles. The quantitative estimate of drug-likeness (QED) is 0.890. The number of hydrogen-bond acceptors (Lipinski definition) is 4. The van der Waals surface area contributed by atoms with Gasteiger partial charge < -0.3 is 5.73 Å². The molecule has 2 heterocycles. The molecular formula is C12H19BrN2O2S2. The van der Waals surface area contributed by atoms with E-state index in [-0.39, 0.29) is 6.04 Å². The third-order valence-corrected chi connectivity index (χ3v) is 6.52. The molecule has 1 aliphatic heterocycles. The van der Waals surface area contributed by atoms with Gasteiger partial charge in [-0.2, -0.15) is 0 Å². The Labute approximate surface area is 127 Å². The molecule has 2 unspecified atom stereocenters. The number of thiophene rings is 1. The highest BCUT2D eigenvalue weighted by atomic mass is 79.9. The van der Waals surface area contributed by atoms with Crippen LogP contribution in [-0.4, -0.2) is 32.1 Å². The Kier molecular flexibility index (Phi) is 5.05. The Morgan fingerprint density at radius 3 is 2.89 bits per heavy atom. The molecule has 0 aromatic carbocycles. The van der Waals surface area contributed by atoms with Crippen molar-refractivity contribution in [2.24, 2.45) is 11.7 Å². The zero-order valence-electron chi connectivity index (χ0n) is 10.9. The van der Waals surface area contributed by atoms with Gasteiger partial charge in [0.25, 0.3) is 0 Å². The Morgan fingerprint density at radius 1 is 1.58 bits per heavy atom. The van der Waals surface area contributed by atoms with Crippen LogP contribution in [0.5, 0.6) is 0 Å². The van der Waals surface area contributed by atoms with Crippen LogP contribution >= 0.6 is 27.3 Å². The molecule has 2 N–H and O–H groups in total. The first-order chi connectivity index (χ1) is 8.86. The van der Waals surface area contributed by atoms with Gasteiger partial charge in [-0.15, -0.1) is 11.3 Å². The molecule has 1 saturated heterocycles. The van der Waals surface area contributed by atoms with Gasteiger partial charge in [0.05, 0.1) is 10.0 Å². The smallest absolute Gasteiger partial charge is 0.211 e. The average Bonchev–Trinajstić information content (AvgIpc) is 2.75. The monoisotopic (exact) mass is 366 g/mol. The van der Waals surface area contributed by atoms with E-state index in [1.807, 2.05) is 12.1 Å². The molecular weight excluding hydrogens is 348 g/mol. The van der Waals surface area contributed by atoms with E-state index in [0.29, 0.717) is 19.0 Å². The number of nitrogens with two attached hydrogens (primary N) is 1. The molecule has 1 aromatic heterocycles. The van der Waals surface area contributed by atoms with Crippen molar-refractivity contribution in [1.29, 1.82) is 0 Å². The van der Waals surface area contributed by atoms with Gasteiger partial charge in [-0.1, -0.05) is 0 Å². The summed E-state index contributed by atoms with van der Waals surface area (Å²) in [6.45, 7) is 1.26. The summed E-state index contributed by atoms with van der Waals surface area (Å²) < 4.78 is 25.8. The van der Waals surface area contributed by atoms with Crippen LogP contribution < -0.4 is 5.73 Å². The zero-order chi connectivity index (χ0) is 14.0. The number of rotatable bonds is 4. The van der Waals surface area contributed by atoms with Crippen LogP contribution in [0, 0.1) is 5.92 Å². The lowest BCUT2D eigenvalue weighted by Crippen LogP contribution is -2.40. The van der Waals surface area contributed by atoms with E-state index >= 15 is 0 Å². The van der Waals surface area contributed by atoms with Gasteiger partial charge in [0.1, 0.15) is 0 Å². The first-order valence-electron chi connectivity index (χ1n) is 6.32. The lowest BCUT2D eigenvalue weighted by molar-refractivity contribution is 0.247. The second-order valence-electron chi connectivity index (χ2n) is 5.11. The van der Waals surface area contributed by atoms with E-state index in [2.05, 4.69) is 15.9 Å². The van der Waals surface area contributed by atoms with Crippen molar-refractivity contribution in [3.05, 3.63) is 20.8 Å². The summed E-state index contributed by atoms with van der Waals surface area (Å²) >= 11 is 5.09. The molecule has 2 rings (SSSR count). The van der Waals surface area contributed by atoms with E-state index in [1.165, 1.54) is 6.26 Å². The third-order valence-electron chi connectivity index (χ3n) is 3.50. The fourth-order valence-corrected chi connectivity index (χ4v) is 4.90. The van der Waals surface area contributed by atoms with Gasteiger partial charge >= 0.3 is 0 Å². The van der Waals surface area contributed by atoms with Gasteiger partial charge in [-0.05, 0) is 53.2 Å². The van der Waals surface area contributed by atoms with Crippen LogP contribution in [0.2, 0.25) is 0 Å². The normalized spacial score (nSPS) is 23.4. The summed E-state index contributed by atoms with van der Waals surface area (Å²) in [5.41, 5.74) is 6.22. The minimum atomic E-state index is -3.07. The standard InChI is InChI=1S/C12H19BrN2O2S2/c1-19(16,17)15-6-2-3-9(8-15)7-10(14)11-4-5-12(13)18-11/h4-5,9-10H,2-3,6-8,14H2,1H3. The largest absolute Gasteiger partial charge is 0.323 e. The molecule has 4 nitrogen and oxygen atoms in total. The number of piperidine rings is 1. The van der Waals surface area contributed by atoms with Crippen molar-refractivity contribution < 1.29 is 8.42 Å². The lowest BCUT2D eigenvalue weighted by Gasteiger charge is -2.32. The van der Waals surface area contributed by atoms with E-state index in [0.717, 1.165) is 27.9 Å². The Bertz CT molecular complexity index is 530. The Hall–Kier alpha value is 0.0500. The average molecular weight is 367 g/mol. The van der Waals surface area contributed by atoms with Crippen molar-refractivity contribution in [1.82, 2.24) is 4.31 Å². The SMILES string of the molecule is CS(=O)(=O)N1CCCC(CC(N)c2ccc(Br)s2)C1. The maximum atomic E-state index is 11.6. The number of halogens is 1. The number of hydrogen-bond donors (Lipinski definition) is 1. The van der Waals surface area contributed by atoms with E-state index < -0.39 is 10.0 Å². The Morgan fingerprint density at radius 2 is 2.32 bits per heavy atom. The molecule has 7 heteroatoms. The summed E-state index contributed by atoms with van der Waals surface area (Å²) in [4.78, 5) is 1.16. The summed E-state index contributed by atoms with van der Waals surface area (Å²) in [7, 11) is -3.07. The molecule has 1 aliphatic rings. The highest BCUT2D eigenvalue weighted by Gasteiger charge is 2.27. The molecule has 0 spiro atoms. The maximum Gasteiger partial charge on any atom is 0.211 e. The maximum absolute atomic E-state index is 11.6. The summed E-state index contributed by atoms with van der Waals surface area (Å²) in [6.07, 6.45) is 4.12. The van der Waals surface area contributed by atoms with Crippen molar-refractivity contribution in [2.45, 2.75) is 25.3 Å². The van der Waals surface area contributed by atoms with Crippen LogP contribution in [0.4, 0.5) is 0 Å².